The van der Waals surface area contributed by atoms with Crippen molar-refractivity contribution in [3.05, 3.63) is 71.8 Å². The van der Waals surface area contributed by atoms with Crippen LogP contribution < -0.4 is 0 Å². The zero-order valence-electron chi connectivity index (χ0n) is 22.3. The third-order valence-electron chi connectivity index (χ3n) is 7.80. The molecule has 0 saturated carbocycles. The van der Waals surface area contributed by atoms with E-state index in [9.17, 15) is 14.4 Å². The summed E-state index contributed by atoms with van der Waals surface area (Å²) in [4.78, 5) is 43.0. The van der Waals surface area contributed by atoms with Gasteiger partial charge in [0.15, 0.2) is 0 Å². The summed E-state index contributed by atoms with van der Waals surface area (Å²) in [6, 6.07) is 18.6. The largest absolute Gasteiger partial charge is 0.469 e. The molecule has 0 N–H and O–H groups in total. The van der Waals surface area contributed by atoms with Gasteiger partial charge in [0, 0.05) is 19.1 Å². The van der Waals surface area contributed by atoms with Crippen LogP contribution in [0.15, 0.2) is 60.7 Å². The van der Waals surface area contributed by atoms with Crippen molar-refractivity contribution in [3.8, 4) is 0 Å². The minimum atomic E-state index is -0.585. The minimum absolute atomic E-state index is 0.0707. The van der Waals surface area contributed by atoms with Crippen LogP contribution in [0.1, 0.15) is 61.5 Å². The van der Waals surface area contributed by atoms with E-state index in [1.54, 1.807) is 4.90 Å². The van der Waals surface area contributed by atoms with Crippen LogP contribution in [0.5, 0.6) is 0 Å². The number of carbonyl (C=O) groups excluding carboxylic acids is 3. The number of piperidine rings is 2. The smallest absolute Gasteiger partial charge is 0.411 e. The molecule has 0 aromatic heterocycles. The van der Waals surface area contributed by atoms with E-state index in [2.05, 4.69) is 4.90 Å². The standard InChI is InChI=1S/C30H38N2O6/c1-36-28(33)26(22-13-5-3-6-14-22)24-17-9-11-19-31(24)21-38-30(35)32-20-12-10-18-25(32)27(29(34)37-2)23-15-7-4-8-16-23/h3-8,13-16,24-27H,9-12,17-21H2,1-2H3/t24-,25-,26-,27-/m1/s1. The van der Waals surface area contributed by atoms with Gasteiger partial charge < -0.3 is 19.1 Å². The van der Waals surface area contributed by atoms with E-state index >= 15 is 0 Å². The first kappa shape index (κ1) is 27.6. The summed E-state index contributed by atoms with van der Waals surface area (Å²) in [7, 11) is 2.79. The Hall–Kier alpha value is -3.39. The van der Waals surface area contributed by atoms with E-state index in [-0.39, 0.29) is 30.8 Å². The number of hydrogen-bond acceptors (Lipinski definition) is 7. The molecule has 0 unspecified atom stereocenters. The molecule has 0 aliphatic carbocycles. The zero-order chi connectivity index (χ0) is 26.9. The first-order valence-electron chi connectivity index (χ1n) is 13.5. The van der Waals surface area contributed by atoms with Crippen LogP contribution in [0, 0.1) is 0 Å². The Bertz CT molecular complexity index is 1060. The van der Waals surface area contributed by atoms with Crippen molar-refractivity contribution >= 4 is 18.0 Å². The highest BCUT2D eigenvalue weighted by molar-refractivity contribution is 5.80. The number of esters is 2. The third kappa shape index (κ3) is 6.35. The number of ether oxygens (including phenoxy) is 3. The maximum Gasteiger partial charge on any atom is 0.411 e. The highest BCUT2D eigenvalue weighted by atomic mass is 16.6. The van der Waals surface area contributed by atoms with Gasteiger partial charge in [0.25, 0.3) is 0 Å². The molecule has 2 fully saturated rings. The highest BCUT2D eigenvalue weighted by Gasteiger charge is 2.40. The summed E-state index contributed by atoms with van der Waals surface area (Å²) >= 11 is 0. The minimum Gasteiger partial charge on any atom is -0.469 e. The SMILES string of the molecule is COC(=O)[C@H](c1ccccc1)[C@H]1CCCCN1COC(=O)N1CCCC[C@@H]1[C@H](C(=O)OC)c1ccccc1. The molecule has 204 valence electrons. The number of hydrogen-bond donors (Lipinski definition) is 0. The molecule has 0 bridgehead atoms. The predicted octanol–water partition coefficient (Wildman–Crippen LogP) is 4.70. The molecule has 2 aromatic carbocycles. The molecule has 2 heterocycles. The van der Waals surface area contributed by atoms with Crippen molar-refractivity contribution in [2.75, 3.05) is 34.0 Å². The molecule has 1 amide bonds. The molecular formula is C30H38N2O6. The topological polar surface area (TPSA) is 85.4 Å². The Labute approximate surface area is 224 Å². The maximum absolute atomic E-state index is 13.5. The number of rotatable bonds is 8. The molecule has 4 atom stereocenters. The van der Waals surface area contributed by atoms with Crippen LogP contribution >= 0.6 is 0 Å². The first-order valence-corrected chi connectivity index (χ1v) is 13.5. The molecule has 0 spiro atoms. The van der Waals surface area contributed by atoms with Gasteiger partial charge in [-0.1, -0.05) is 67.1 Å². The Morgan fingerprint density at radius 1 is 0.737 bits per heavy atom. The van der Waals surface area contributed by atoms with Crippen molar-refractivity contribution in [2.24, 2.45) is 0 Å². The number of amides is 1. The monoisotopic (exact) mass is 522 g/mol. The van der Waals surface area contributed by atoms with Crippen LogP contribution in [0.3, 0.4) is 0 Å². The van der Waals surface area contributed by atoms with Gasteiger partial charge in [-0.2, -0.15) is 0 Å². The van der Waals surface area contributed by atoms with E-state index in [1.807, 2.05) is 60.7 Å². The summed E-state index contributed by atoms with van der Waals surface area (Å²) in [6.07, 6.45) is 4.76. The predicted molar refractivity (Wildman–Crippen MR) is 142 cm³/mol. The molecule has 8 nitrogen and oxygen atoms in total. The molecule has 2 aromatic rings. The number of carbonyl (C=O) groups is 3. The fourth-order valence-corrected chi connectivity index (χ4v) is 5.91. The second-order valence-corrected chi connectivity index (χ2v) is 9.99. The molecule has 8 heteroatoms. The molecule has 38 heavy (non-hydrogen) atoms. The Balaban J connectivity index is 1.50. The average Bonchev–Trinajstić information content (AvgIpc) is 2.98. The Morgan fingerprint density at radius 3 is 1.79 bits per heavy atom. The van der Waals surface area contributed by atoms with E-state index in [0.29, 0.717) is 13.0 Å². The van der Waals surface area contributed by atoms with Crippen LogP contribution in [-0.4, -0.2) is 74.0 Å². The molecule has 2 aliphatic rings. The number of benzene rings is 2. The lowest BCUT2D eigenvalue weighted by Gasteiger charge is -2.41. The van der Waals surface area contributed by atoms with Crippen LogP contribution in [-0.2, 0) is 23.8 Å². The summed E-state index contributed by atoms with van der Waals surface area (Å²) in [5.74, 6) is -1.71. The first-order chi connectivity index (χ1) is 18.5. The number of likely N-dealkylation sites (tertiary alicyclic amines) is 2. The fraction of sp³-hybridized carbons (Fsp3) is 0.500. The van der Waals surface area contributed by atoms with E-state index in [1.165, 1.54) is 14.2 Å². The normalized spacial score (nSPS) is 21.7. The maximum atomic E-state index is 13.5. The zero-order valence-corrected chi connectivity index (χ0v) is 22.3. The van der Waals surface area contributed by atoms with Gasteiger partial charge in [0.2, 0.25) is 0 Å². The number of nitrogens with zero attached hydrogens (tertiary/aromatic N) is 2. The van der Waals surface area contributed by atoms with Gasteiger partial charge >= 0.3 is 18.0 Å². The summed E-state index contributed by atoms with van der Waals surface area (Å²) in [5, 5.41) is 0. The molecular weight excluding hydrogens is 484 g/mol. The van der Waals surface area contributed by atoms with Crippen molar-refractivity contribution in [1.82, 2.24) is 9.80 Å². The van der Waals surface area contributed by atoms with Crippen LogP contribution in [0.25, 0.3) is 0 Å². The van der Waals surface area contributed by atoms with Crippen LogP contribution in [0.4, 0.5) is 4.79 Å². The van der Waals surface area contributed by atoms with Gasteiger partial charge in [0.05, 0.1) is 26.2 Å². The number of methoxy groups -OCH3 is 2. The van der Waals surface area contributed by atoms with E-state index in [4.69, 9.17) is 14.2 Å². The van der Waals surface area contributed by atoms with Crippen molar-refractivity contribution in [3.63, 3.8) is 0 Å². The molecule has 2 aliphatic heterocycles. The lowest BCUT2D eigenvalue weighted by atomic mass is 9.85. The average molecular weight is 523 g/mol. The Morgan fingerprint density at radius 2 is 1.24 bits per heavy atom. The molecule has 4 rings (SSSR count). The summed E-state index contributed by atoms with van der Waals surface area (Å²) in [5.41, 5.74) is 1.71. The summed E-state index contributed by atoms with van der Waals surface area (Å²) in [6.45, 7) is 1.31. The van der Waals surface area contributed by atoms with Gasteiger partial charge in [-0.3, -0.25) is 14.5 Å². The third-order valence-corrected chi connectivity index (χ3v) is 7.80. The second-order valence-electron chi connectivity index (χ2n) is 9.99. The fourth-order valence-electron chi connectivity index (χ4n) is 5.91. The molecule has 2 saturated heterocycles. The van der Waals surface area contributed by atoms with Crippen LogP contribution in [0.2, 0.25) is 0 Å². The second kappa shape index (κ2) is 13.4. The van der Waals surface area contributed by atoms with Gasteiger partial charge in [-0.15, -0.1) is 0 Å². The Kier molecular flexibility index (Phi) is 9.76. The quantitative estimate of drug-likeness (QED) is 0.367. The van der Waals surface area contributed by atoms with E-state index < -0.39 is 17.9 Å². The lowest BCUT2D eigenvalue weighted by Crippen LogP contribution is -2.51. The summed E-state index contributed by atoms with van der Waals surface area (Å²) < 4.78 is 16.2. The van der Waals surface area contributed by atoms with Crippen molar-refractivity contribution < 1.29 is 28.6 Å². The highest BCUT2D eigenvalue weighted by Crippen LogP contribution is 2.34. The van der Waals surface area contributed by atoms with Crippen molar-refractivity contribution in [1.29, 1.82) is 0 Å². The molecule has 0 radical (unpaired) electrons. The lowest BCUT2D eigenvalue weighted by molar-refractivity contribution is -0.145. The van der Waals surface area contributed by atoms with Gasteiger partial charge in [-0.25, -0.2) is 4.79 Å². The van der Waals surface area contributed by atoms with E-state index in [0.717, 1.165) is 49.8 Å². The van der Waals surface area contributed by atoms with Gasteiger partial charge in [-0.05, 0) is 43.2 Å². The van der Waals surface area contributed by atoms with Crippen molar-refractivity contribution in [2.45, 2.75) is 62.4 Å². The van der Waals surface area contributed by atoms with Gasteiger partial charge in [0.1, 0.15) is 12.6 Å².